The van der Waals surface area contributed by atoms with Crippen LogP contribution in [-0.2, 0) is 19.1 Å². The number of benzene rings is 1. The Kier molecular flexibility index (Phi) is 4.65. The zero-order chi connectivity index (χ0) is 14.0. The molecule has 0 spiro atoms. The van der Waals surface area contributed by atoms with E-state index >= 15 is 0 Å². The van der Waals surface area contributed by atoms with Gasteiger partial charge in [0.2, 0.25) is 10.0 Å². The van der Waals surface area contributed by atoms with E-state index in [1.54, 1.807) is 4.72 Å². The third-order valence-electron chi connectivity index (χ3n) is 1.84. The Hall–Kier alpha value is -0.770. The van der Waals surface area contributed by atoms with E-state index in [0.717, 1.165) is 24.3 Å². The molecule has 0 saturated carbocycles. The van der Waals surface area contributed by atoms with Crippen molar-refractivity contribution in [3.63, 3.8) is 0 Å². The molecule has 0 radical (unpaired) electrons. The molecular formula is C8H8ClF2NO4S2. The first-order valence-electron chi connectivity index (χ1n) is 4.45. The minimum Gasteiger partial charge on any atom is -0.209 e. The summed E-state index contributed by atoms with van der Waals surface area (Å²) in [6, 6.07) is 3.87. The quantitative estimate of drug-likeness (QED) is 0.826. The van der Waals surface area contributed by atoms with Crippen LogP contribution in [0.5, 0.6) is 0 Å². The van der Waals surface area contributed by atoms with Crippen LogP contribution < -0.4 is 4.72 Å². The van der Waals surface area contributed by atoms with Gasteiger partial charge < -0.3 is 0 Å². The molecule has 0 unspecified atom stereocenters. The van der Waals surface area contributed by atoms with Crippen molar-refractivity contribution < 1.29 is 25.6 Å². The average Bonchev–Trinajstić information content (AvgIpc) is 2.26. The lowest BCUT2D eigenvalue weighted by Crippen LogP contribution is -2.28. The summed E-state index contributed by atoms with van der Waals surface area (Å²) in [7, 11) is -3.00. The van der Waals surface area contributed by atoms with Gasteiger partial charge in [0.1, 0.15) is 0 Å². The topological polar surface area (TPSA) is 80.3 Å². The standard InChI is InChI=1S/C8H8ClF2NO4S2/c9-17(13,14)6-1-3-7(4-2-6)18(15,16)12-5-8(10)11/h1-4,8,12H,5H2. The Labute approximate surface area is 107 Å². The maximum Gasteiger partial charge on any atom is 0.261 e. The lowest BCUT2D eigenvalue weighted by Gasteiger charge is -2.06. The summed E-state index contributed by atoms with van der Waals surface area (Å²) in [5, 5.41) is 0. The molecule has 5 nitrogen and oxygen atoms in total. The molecule has 0 bridgehead atoms. The number of nitrogens with one attached hydrogen (secondary N) is 1. The van der Waals surface area contributed by atoms with E-state index in [4.69, 9.17) is 10.7 Å². The smallest absolute Gasteiger partial charge is 0.209 e. The van der Waals surface area contributed by atoms with E-state index in [2.05, 4.69) is 0 Å². The molecule has 0 aromatic heterocycles. The van der Waals surface area contributed by atoms with Gasteiger partial charge in [-0.15, -0.1) is 0 Å². The lowest BCUT2D eigenvalue weighted by atomic mass is 10.4. The van der Waals surface area contributed by atoms with Crippen molar-refractivity contribution in [1.29, 1.82) is 0 Å². The molecule has 0 saturated heterocycles. The number of alkyl halides is 2. The molecule has 18 heavy (non-hydrogen) atoms. The minimum atomic E-state index is -4.09. The normalized spacial score (nSPS) is 12.9. The van der Waals surface area contributed by atoms with Crippen LogP contribution in [0, 0.1) is 0 Å². The molecule has 0 heterocycles. The largest absolute Gasteiger partial charge is 0.261 e. The van der Waals surface area contributed by atoms with E-state index < -0.39 is 32.0 Å². The molecule has 1 N–H and O–H groups in total. The van der Waals surface area contributed by atoms with Crippen LogP contribution in [0.25, 0.3) is 0 Å². The monoisotopic (exact) mass is 319 g/mol. The summed E-state index contributed by atoms with van der Waals surface area (Å²) < 4.78 is 70.2. The van der Waals surface area contributed by atoms with Gasteiger partial charge in [-0.05, 0) is 24.3 Å². The Morgan fingerprint density at radius 3 is 1.89 bits per heavy atom. The fourth-order valence-corrected chi connectivity index (χ4v) is 2.81. The van der Waals surface area contributed by atoms with Crippen LogP contribution in [0.2, 0.25) is 0 Å². The van der Waals surface area contributed by atoms with Crippen molar-refractivity contribution in [1.82, 2.24) is 4.72 Å². The molecule has 1 rings (SSSR count). The lowest BCUT2D eigenvalue weighted by molar-refractivity contribution is 0.153. The van der Waals surface area contributed by atoms with E-state index in [1.165, 1.54) is 0 Å². The third kappa shape index (κ3) is 4.16. The summed E-state index contributed by atoms with van der Waals surface area (Å²) in [5.74, 6) is 0. The van der Waals surface area contributed by atoms with Crippen LogP contribution in [-0.4, -0.2) is 29.8 Å². The fraction of sp³-hybridized carbons (Fsp3) is 0.250. The van der Waals surface area contributed by atoms with Gasteiger partial charge in [0.05, 0.1) is 16.3 Å². The molecule has 0 amide bonds. The first kappa shape index (κ1) is 15.3. The highest BCUT2D eigenvalue weighted by Gasteiger charge is 2.17. The van der Waals surface area contributed by atoms with Crippen LogP contribution in [0.15, 0.2) is 34.1 Å². The Bertz CT molecular complexity index is 613. The number of hydrogen-bond donors (Lipinski definition) is 1. The van der Waals surface area contributed by atoms with E-state index in [-0.39, 0.29) is 9.79 Å². The van der Waals surface area contributed by atoms with Gasteiger partial charge in [0.15, 0.2) is 0 Å². The molecule has 1 aromatic rings. The van der Waals surface area contributed by atoms with E-state index in [0.29, 0.717) is 0 Å². The highest BCUT2D eigenvalue weighted by molar-refractivity contribution is 8.13. The summed E-state index contributed by atoms with van der Waals surface area (Å²) in [6.07, 6.45) is -2.82. The van der Waals surface area contributed by atoms with Gasteiger partial charge in [-0.2, -0.15) is 0 Å². The maximum atomic E-state index is 11.9. The number of halogens is 3. The molecule has 0 atom stereocenters. The summed E-state index contributed by atoms with van der Waals surface area (Å²) in [4.78, 5) is -0.607. The second-order valence-electron chi connectivity index (χ2n) is 3.15. The van der Waals surface area contributed by atoms with E-state index in [9.17, 15) is 25.6 Å². The van der Waals surface area contributed by atoms with Gasteiger partial charge in [-0.25, -0.2) is 30.3 Å². The third-order valence-corrected chi connectivity index (χ3v) is 4.65. The predicted octanol–water partition coefficient (Wildman–Crippen LogP) is 1.16. The van der Waals surface area contributed by atoms with Crippen molar-refractivity contribution in [3.8, 4) is 0 Å². The zero-order valence-electron chi connectivity index (χ0n) is 8.68. The molecule has 0 aliphatic carbocycles. The molecular weight excluding hydrogens is 312 g/mol. The average molecular weight is 320 g/mol. The zero-order valence-corrected chi connectivity index (χ0v) is 11.1. The van der Waals surface area contributed by atoms with Gasteiger partial charge in [-0.3, -0.25) is 0 Å². The van der Waals surface area contributed by atoms with Crippen molar-refractivity contribution in [2.45, 2.75) is 16.2 Å². The van der Waals surface area contributed by atoms with Gasteiger partial charge in [-0.1, -0.05) is 0 Å². The summed E-state index contributed by atoms with van der Waals surface area (Å²) >= 11 is 0. The van der Waals surface area contributed by atoms with Crippen LogP contribution in [0.1, 0.15) is 0 Å². The summed E-state index contributed by atoms with van der Waals surface area (Å²) in [6.45, 7) is -1.02. The highest BCUT2D eigenvalue weighted by Crippen LogP contribution is 2.17. The SMILES string of the molecule is O=S(=O)(Cl)c1ccc(S(=O)(=O)NCC(F)F)cc1. The second kappa shape index (κ2) is 5.47. The van der Waals surface area contributed by atoms with Crippen molar-refractivity contribution in [3.05, 3.63) is 24.3 Å². The van der Waals surface area contributed by atoms with E-state index in [1.807, 2.05) is 0 Å². The first-order chi connectivity index (χ1) is 8.13. The van der Waals surface area contributed by atoms with Gasteiger partial charge in [0, 0.05) is 10.7 Å². The Morgan fingerprint density at radius 1 is 1.06 bits per heavy atom. The molecule has 10 heteroatoms. The van der Waals surface area contributed by atoms with Gasteiger partial charge in [0.25, 0.3) is 15.5 Å². The van der Waals surface area contributed by atoms with Crippen molar-refractivity contribution >= 4 is 29.8 Å². The molecule has 102 valence electrons. The fourth-order valence-electron chi connectivity index (χ4n) is 1.04. The Morgan fingerprint density at radius 2 is 1.50 bits per heavy atom. The second-order valence-corrected chi connectivity index (χ2v) is 7.49. The molecule has 0 fully saturated rings. The highest BCUT2D eigenvalue weighted by atomic mass is 35.7. The van der Waals surface area contributed by atoms with Crippen LogP contribution in [0.3, 0.4) is 0 Å². The summed E-state index contributed by atoms with van der Waals surface area (Å²) in [5.41, 5.74) is 0. The number of sulfonamides is 1. The minimum absolute atomic E-state index is 0.281. The van der Waals surface area contributed by atoms with Crippen molar-refractivity contribution in [2.75, 3.05) is 6.54 Å². The first-order valence-corrected chi connectivity index (χ1v) is 8.25. The Balaban J connectivity index is 2.98. The molecule has 0 aliphatic heterocycles. The number of hydrogen-bond acceptors (Lipinski definition) is 4. The number of rotatable bonds is 5. The molecule has 0 aliphatic rings. The maximum absolute atomic E-state index is 11.9. The van der Waals surface area contributed by atoms with Gasteiger partial charge >= 0.3 is 0 Å². The van der Waals surface area contributed by atoms with Crippen LogP contribution >= 0.6 is 10.7 Å². The molecule has 1 aromatic carbocycles. The van der Waals surface area contributed by atoms with Crippen LogP contribution in [0.4, 0.5) is 8.78 Å². The van der Waals surface area contributed by atoms with Crippen molar-refractivity contribution in [2.24, 2.45) is 0 Å². The predicted molar refractivity (Wildman–Crippen MR) is 60.7 cm³/mol.